The van der Waals surface area contributed by atoms with Crippen molar-refractivity contribution >= 4 is 35.3 Å². The number of ether oxygens (including phenoxy) is 1. The smallest absolute Gasteiger partial charge is 0.315 e. The third kappa shape index (κ3) is 7.88. The molecule has 0 rings (SSSR count). The van der Waals surface area contributed by atoms with Gasteiger partial charge in [-0.1, -0.05) is 13.8 Å². The first-order chi connectivity index (χ1) is 9.03. The number of Topliss-reactive ketones (excluding diaryl/α,β-unsaturated/α-hetero) is 1. The maximum atomic E-state index is 11.6. The van der Waals surface area contributed by atoms with Gasteiger partial charge in [0.15, 0.2) is 0 Å². The monoisotopic (exact) mass is 306 g/mol. The molecule has 0 unspecified atom stereocenters. The summed E-state index contributed by atoms with van der Waals surface area (Å²) in [5.74, 6) is 1.11. The summed E-state index contributed by atoms with van der Waals surface area (Å²) in [6, 6.07) is 0. The van der Waals surface area contributed by atoms with E-state index in [-0.39, 0.29) is 17.2 Å². The van der Waals surface area contributed by atoms with Crippen LogP contribution in [-0.4, -0.2) is 42.4 Å². The van der Waals surface area contributed by atoms with Crippen molar-refractivity contribution < 1.29 is 14.3 Å². The van der Waals surface area contributed by atoms with Crippen molar-refractivity contribution in [3.8, 4) is 0 Å². The highest BCUT2D eigenvalue weighted by Gasteiger charge is 2.28. The molecule has 0 fully saturated rings. The molecule has 0 bridgehead atoms. The van der Waals surface area contributed by atoms with Gasteiger partial charge in [0.25, 0.3) is 0 Å². The summed E-state index contributed by atoms with van der Waals surface area (Å²) < 4.78 is 5.35. The maximum absolute atomic E-state index is 11.6. The molecule has 0 heterocycles. The van der Waals surface area contributed by atoms with Crippen molar-refractivity contribution in [3.05, 3.63) is 0 Å². The highest BCUT2D eigenvalue weighted by Crippen LogP contribution is 2.32. The fourth-order valence-electron chi connectivity index (χ4n) is 1.91. The number of thioether (sulfide) groups is 2. The van der Waals surface area contributed by atoms with Crippen LogP contribution in [0.3, 0.4) is 0 Å². The fraction of sp³-hybridized carbons (Fsp3) is 0.857. The van der Waals surface area contributed by atoms with E-state index in [0.717, 1.165) is 19.3 Å². The van der Waals surface area contributed by atoms with Gasteiger partial charge >= 0.3 is 5.97 Å². The van der Waals surface area contributed by atoms with Crippen LogP contribution in [0.1, 0.15) is 39.5 Å². The summed E-state index contributed by atoms with van der Waals surface area (Å²) in [5.41, 5.74) is -0.0395. The first-order valence-corrected chi connectivity index (χ1v) is 9.47. The number of hydrogen-bond donors (Lipinski definition) is 0. The average molecular weight is 306 g/mol. The largest absolute Gasteiger partial charge is 0.464 e. The Morgan fingerprint density at radius 2 is 1.63 bits per heavy atom. The van der Waals surface area contributed by atoms with Crippen LogP contribution in [0.2, 0.25) is 0 Å². The third-order valence-corrected chi connectivity index (χ3v) is 4.68. The number of hydrogen-bond acceptors (Lipinski definition) is 5. The van der Waals surface area contributed by atoms with E-state index in [4.69, 9.17) is 4.74 Å². The molecule has 0 amide bonds. The van der Waals surface area contributed by atoms with Gasteiger partial charge in [-0.25, -0.2) is 0 Å². The van der Waals surface area contributed by atoms with Crippen LogP contribution in [0, 0.1) is 5.41 Å². The van der Waals surface area contributed by atoms with Gasteiger partial charge in [0.2, 0.25) is 0 Å². The molecule has 0 saturated heterocycles. The second-order valence-corrected chi connectivity index (χ2v) is 6.50. The van der Waals surface area contributed by atoms with Crippen LogP contribution >= 0.6 is 23.5 Å². The van der Waals surface area contributed by atoms with Gasteiger partial charge in [-0.15, -0.1) is 0 Å². The number of carbonyl (C=O) groups excluding carboxylic acids is 2. The molecule has 0 aromatic carbocycles. The molecule has 19 heavy (non-hydrogen) atoms. The molecule has 0 atom stereocenters. The molecule has 0 aliphatic heterocycles. The standard InChI is InChI=1S/C14H26O3S2/c1-5-14(6-2,8-7-12(15)9-18-3)11-17-13(16)10-19-4/h5-11H2,1-4H3. The number of rotatable bonds is 11. The van der Waals surface area contributed by atoms with E-state index < -0.39 is 0 Å². The van der Waals surface area contributed by atoms with Crippen molar-refractivity contribution in [1.29, 1.82) is 0 Å². The lowest BCUT2D eigenvalue weighted by atomic mass is 9.78. The van der Waals surface area contributed by atoms with Crippen LogP contribution in [0.4, 0.5) is 0 Å². The second kappa shape index (κ2) is 10.6. The topological polar surface area (TPSA) is 43.4 Å². The van der Waals surface area contributed by atoms with E-state index in [0.29, 0.717) is 24.5 Å². The molecule has 0 saturated carbocycles. The molecule has 0 radical (unpaired) electrons. The second-order valence-electron chi connectivity index (χ2n) is 4.77. The fourth-order valence-corrected chi connectivity index (χ4v) is 2.70. The zero-order valence-electron chi connectivity index (χ0n) is 12.5. The summed E-state index contributed by atoms with van der Waals surface area (Å²) in [5, 5.41) is 0. The van der Waals surface area contributed by atoms with E-state index in [9.17, 15) is 9.59 Å². The summed E-state index contributed by atoms with van der Waals surface area (Å²) >= 11 is 3.03. The van der Waals surface area contributed by atoms with E-state index in [1.165, 1.54) is 11.8 Å². The minimum atomic E-state index is -0.158. The lowest BCUT2D eigenvalue weighted by molar-refractivity contribution is -0.144. The van der Waals surface area contributed by atoms with Gasteiger partial charge < -0.3 is 4.74 Å². The molecular formula is C14H26O3S2. The first kappa shape index (κ1) is 18.8. The van der Waals surface area contributed by atoms with E-state index in [1.807, 2.05) is 12.5 Å². The van der Waals surface area contributed by atoms with Gasteiger partial charge in [-0.05, 0) is 31.8 Å². The Kier molecular flexibility index (Phi) is 10.5. The summed E-state index contributed by atoms with van der Waals surface area (Å²) in [6.07, 6.45) is 7.09. The lowest BCUT2D eigenvalue weighted by Crippen LogP contribution is -2.29. The van der Waals surface area contributed by atoms with Crippen LogP contribution < -0.4 is 0 Å². The minimum Gasteiger partial charge on any atom is -0.464 e. The lowest BCUT2D eigenvalue weighted by Gasteiger charge is -2.31. The maximum Gasteiger partial charge on any atom is 0.315 e. The highest BCUT2D eigenvalue weighted by atomic mass is 32.2. The molecule has 0 aromatic heterocycles. The zero-order chi connectivity index (χ0) is 14.7. The van der Waals surface area contributed by atoms with E-state index in [1.54, 1.807) is 11.8 Å². The van der Waals surface area contributed by atoms with Crippen LogP contribution in [-0.2, 0) is 14.3 Å². The van der Waals surface area contributed by atoms with Crippen molar-refractivity contribution in [3.63, 3.8) is 0 Å². The number of ketones is 1. The quantitative estimate of drug-likeness (QED) is 0.547. The molecule has 0 N–H and O–H groups in total. The molecule has 0 aliphatic carbocycles. The molecule has 112 valence electrons. The normalized spacial score (nSPS) is 11.4. The Bertz CT molecular complexity index is 252. The Hall–Kier alpha value is -0.160. The number of carbonyl (C=O) groups is 2. The van der Waals surface area contributed by atoms with Crippen molar-refractivity contribution in [1.82, 2.24) is 0 Å². The van der Waals surface area contributed by atoms with Crippen LogP contribution in [0.25, 0.3) is 0 Å². The predicted molar refractivity (Wildman–Crippen MR) is 85.0 cm³/mol. The first-order valence-electron chi connectivity index (χ1n) is 6.68. The summed E-state index contributed by atoms with van der Waals surface area (Å²) in [7, 11) is 0. The van der Waals surface area contributed by atoms with E-state index in [2.05, 4.69) is 13.8 Å². The Morgan fingerprint density at radius 1 is 1.05 bits per heavy atom. The third-order valence-electron chi connectivity index (χ3n) is 3.54. The van der Waals surface area contributed by atoms with E-state index >= 15 is 0 Å². The highest BCUT2D eigenvalue weighted by molar-refractivity contribution is 7.99. The van der Waals surface area contributed by atoms with Crippen molar-refractivity contribution in [2.24, 2.45) is 5.41 Å². The van der Waals surface area contributed by atoms with Gasteiger partial charge in [0, 0.05) is 11.8 Å². The zero-order valence-corrected chi connectivity index (χ0v) is 14.1. The van der Waals surface area contributed by atoms with Gasteiger partial charge in [-0.3, -0.25) is 9.59 Å². The van der Waals surface area contributed by atoms with Crippen molar-refractivity contribution in [2.75, 3.05) is 30.6 Å². The van der Waals surface area contributed by atoms with Crippen molar-refractivity contribution in [2.45, 2.75) is 39.5 Å². The summed E-state index contributed by atoms with van der Waals surface area (Å²) in [4.78, 5) is 23.1. The Labute approximate surface area is 125 Å². The average Bonchev–Trinajstić information content (AvgIpc) is 2.40. The molecule has 5 heteroatoms. The summed E-state index contributed by atoms with van der Waals surface area (Å²) in [6.45, 7) is 4.64. The van der Waals surface area contributed by atoms with Gasteiger partial charge in [0.1, 0.15) is 5.78 Å². The Balaban J connectivity index is 4.32. The molecule has 0 aliphatic rings. The molecular weight excluding hydrogens is 280 g/mol. The van der Waals surface area contributed by atoms with Crippen LogP contribution in [0.5, 0.6) is 0 Å². The van der Waals surface area contributed by atoms with Gasteiger partial charge in [-0.2, -0.15) is 23.5 Å². The Morgan fingerprint density at radius 3 is 2.11 bits per heavy atom. The number of esters is 1. The molecule has 3 nitrogen and oxygen atoms in total. The molecule has 0 aromatic rings. The van der Waals surface area contributed by atoms with Gasteiger partial charge in [0.05, 0.1) is 18.1 Å². The van der Waals surface area contributed by atoms with Crippen LogP contribution in [0.15, 0.2) is 0 Å². The predicted octanol–water partition coefficient (Wildman–Crippen LogP) is 3.41. The SMILES string of the molecule is CCC(CC)(CCC(=O)CSC)COC(=O)CSC. The minimum absolute atomic E-state index is 0.0395. The molecule has 0 spiro atoms.